The number of fused-ring (bicyclic) bond motifs is 5. The van der Waals surface area contributed by atoms with Gasteiger partial charge >= 0.3 is 0 Å². The Morgan fingerprint density at radius 1 is 1.17 bits per heavy atom. The van der Waals surface area contributed by atoms with Gasteiger partial charge in [-0.3, -0.25) is 19.3 Å². The molecule has 1 aromatic rings. The quantitative estimate of drug-likeness (QED) is 0.671. The number of hydrogen-bond acceptors (Lipinski definition) is 4. The molecule has 1 aromatic carbocycles. The van der Waals surface area contributed by atoms with Crippen molar-refractivity contribution in [1.29, 1.82) is 5.26 Å². The van der Waals surface area contributed by atoms with Crippen LogP contribution in [-0.4, -0.2) is 29.2 Å². The van der Waals surface area contributed by atoms with E-state index in [4.69, 9.17) is 5.26 Å². The Labute approximate surface area is 138 Å². The predicted molar refractivity (Wildman–Crippen MR) is 84.2 cm³/mol. The molecule has 120 valence electrons. The topological polar surface area (TPSA) is 90.3 Å². The van der Waals surface area contributed by atoms with Gasteiger partial charge in [0.25, 0.3) is 0 Å². The lowest BCUT2D eigenvalue weighted by Crippen LogP contribution is -2.39. The van der Waals surface area contributed by atoms with Crippen LogP contribution in [0.4, 0.5) is 5.69 Å². The van der Waals surface area contributed by atoms with Crippen molar-refractivity contribution in [1.82, 2.24) is 4.90 Å². The van der Waals surface area contributed by atoms with E-state index in [-0.39, 0.29) is 42.0 Å². The minimum atomic E-state index is -0.473. The van der Waals surface area contributed by atoms with Crippen LogP contribution in [0.5, 0.6) is 0 Å². The molecule has 6 nitrogen and oxygen atoms in total. The molecule has 1 saturated carbocycles. The van der Waals surface area contributed by atoms with Crippen LogP contribution in [0.15, 0.2) is 36.4 Å². The summed E-state index contributed by atoms with van der Waals surface area (Å²) in [7, 11) is 0. The number of rotatable bonds is 3. The average Bonchev–Trinajstić information content (AvgIpc) is 3.25. The molecule has 4 rings (SSSR count). The highest BCUT2D eigenvalue weighted by molar-refractivity contribution is 6.09. The highest BCUT2D eigenvalue weighted by atomic mass is 16.2. The number of allylic oxidation sites excluding steroid dienone is 2. The Balaban J connectivity index is 1.48. The monoisotopic (exact) mass is 321 g/mol. The minimum Gasteiger partial charge on any atom is -0.323 e. The molecule has 4 atom stereocenters. The largest absolute Gasteiger partial charge is 0.323 e. The number of imide groups is 1. The summed E-state index contributed by atoms with van der Waals surface area (Å²) in [5.41, 5.74) is 0.718. The Morgan fingerprint density at radius 3 is 2.42 bits per heavy atom. The zero-order valence-corrected chi connectivity index (χ0v) is 12.8. The smallest absolute Gasteiger partial charge is 0.244 e. The summed E-state index contributed by atoms with van der Waals surface area (Å²) in [5.74, 6) is -1.30. The number of amides is 3. The van der Waals surface area contributed by atoms with Crippen molar-refractivity contribution in [2.45, 2.75) is 6.42 Å². The zero-order chi connectivity index (χ0) is 16.8. The highest BCUT2D eigenvalue weighted by Gasteiger charge is 2.59. The van der Waals surface area contributed by atoms with E-state index in [1.165, 1.54) is 0 Å². The summed E-state index contributed by atoms with van der Waals surface area (Å²) in [6.07, 6.45) is 4.90. The van der Waals surface area contributed by atoms with Gasteiger partial charge in [-0.1, -0.05) is 24.3 Å². The molecule has 6 heteroatoms. The van der Waals surface area contributed by atoms with Gasteiger partial charge in [-0.2, -0.15) is 5.26 Å². The molecule has 0 spiro atoms. The minimum absolute atomic E-state index is 0.129. The van der Waals surface area contributed by atoms with Gasteiger partial charge < -0.3 is 5.32 Å². The van der Waals surface area contributed by atoms with Crippen LogP contribution in [0.3, 0.4) is 0 Å². The number of benzene rings is 1. The van der Waals surface area contributed by atoms with Crippen molar-refractivity contribution in [2.24, 2.45) is 23.7 Å². The molecule has 2 bridgehead atoms. The first kappa shape index (κ1) is 14.6. The van der Waals surface area contributed by atoms with Crippen LogP contribution < -0.4 is 5.32 Å². The third-order valence-corrected chi connectivity index (χ3v) is 5.18. The van der Waals surface area contributed by atoms with Crippen LogP contribution >= 0.6 is 0 Å². The van der Waals surface area contributed by atoms with Gasteiger partial charge in [0.2, 0.25) is 17.7 Å². The van der Waals surface area contributed by atoms with Gasteiger partial charge in [0.1, 0.15) is 12.6 Å². The maximum Gasteiger partial charge on any atom is 0.244 e. The van der Waals surface area contributed by atoms with E-state index in [1.54, 1.807) is 24.3 Å². The van der Waals surface area contributed by atoms with Crippen LogP contribution in [0.2, 0.25) is 0 Å². The van der Waals surface area contributed by atoms with Gasteiger partial charge in [-0.15, -0.1) is 0 Å². The van der Waals surface area contributed by atoms with Gasteiger partial charge in [-0.25, -0.2) is 0 Å². The van der Waals surface area contributed by atoms with E-state index in [0.29, 0.717) is 11.3 Å². The van der Waals surface area contributed by atoms with E-state index in [1.807, 2.05) is 18.2 Å². The SMILES string of the molecule is N#Cc1ccccc1NC(=O)CN1C(=O)[C@@H]2[C@H](C1=O)[C@H]1C=C[C@H]2C1. The number of carbonyl (C=O) groups is 3. The fraction of sp³-hybridized carbons (Fsp3) is 0.333. The molecule has 0 unspecified atom stereocenters. The van der Waals surface area contributed by atoms with Gasteiger partial charge in [0.05, 0.1) is 23.1 Å². The molecule has 1 N–H and O–H groups in total. The van der Waals surface area contributed by atoms with Crippen molar-refractivity contribution in [3.05, 3.63) is 42.0 Å². The molecule has 2 fully saturated rings. The number of nitrogens with one attached hydrogen (secondary N) is 1. The predicted octanol–water partition coefficient (Wildman–Crippen LogP) is 1.30. The van der Waals surface area contributed by atoms with Crippen LogP contribution in [0, 0.1) is 35.0 Å². The molecule has 3 aliphatic rings. The van der Waals surface area contributed by atoms with Crippen LogP contribution in [0.25, 0.3) is 0 Å². The number of anilines is 1. The molecule has 3 amide bonds. The van der Waals surface area contributed by atoms with E-state index < -0.39 is 5.91 Å². The molecule has 0 aromatic heterocycles. The first-order chi connectivity index (χ1) is 11.6. The Kier molecular flexibility index (Phi) is 3.24. The van der Waals surface area contributed by atoms with Gasteiger partial charge in [0.15, 0.2) is 0 Å². The normalized spacial score (nSPS) is 29.7. The van der Waals surface area contributed by atoms with Gasteiger partial charge in [0, 0.05) is 0 Å². The van der Waals surface area contributed by atoms with E-state index in [2.05, 4.69) is 5.32 Å². The number of nitrogens with zero attached hydrogens (tertiary/aromatic N) is 2. The average molecular weight is 321 g/mol. The van der Waals surface area contributed by atoms with Crippen molar-refractivity contribution >= 4 is 23.4 Å². The van der Waals surface area contributed by atoms with Crippen molar-refractivity contribution in [3.63, 3.8) is 0 Å². The number of carbonyl (C=O) groups excluding carboxylic acids is 3. The molecule has 1 heterocycles. The first-order valence-corrected chi connectivity index (χ1v) is 7.92. The number of nitriles is 1. The second kappa shape index (κ2) is 5.31. The van der Waals surface area contributed by atoms with E-state index in [9.17, 15) is 14.4 Å². The molecule has 1 saturated heterocycles. The third-order valence-electron chi connectivity index (χ3n) is 5.18. The van der Waals surface area contributed by atoms with Crippen LogP contribution in [-0.2, 0) is 14.4 Å². The van der Waals surface area contributed by atoms with E-state index >= 15 is 0 Å². The summed E-state index contributed by atoms with van der Waals surface area (Å²) >= 11 is 0. The van der Waals surface area contributed by atoms with Crippen LogP contribution in [0.1, 0.15) is 12.0 Å². The summed E-state index contributed by atoms with van der Waals surface area (Å²) in [6, 6.07) is 8.61. The van der Waals surface area contributed by atoms with Gasteiger partial charge in [-0.05, 0) is 30.4 Å². The standard InChI is InChI=1S/C18H15N3O3/c19-8-12-3-1-2-4-13(12)20-14(22)9-21-17(23)15-10-5-6-11(7-10)16(15)18(21)24/h1-6,10-11,15-16H,7,9H2,(H,20,22)/t10-,11-,15-,16+/m0/s1. The Bertz CT molecular complexity index is 793. The number of likely N-dealkylation sites (tertiary alicyclic amines) is 1. The zero-order valence-electron chi connectivity index (χ0n) is 12.8. The lowest BCUT2D eigenvalue weighted by molar-refractivity contribution is -0.143. The second-order valence-electron chi connectivity index (χ2n) is 6.47. The van der Waals surface area contributed by atoms with Crippen molar-refractivity contribution in [2.75, 3.05) is 11.9 Å². The van der Waals surface area contributed by atoms with Crippen molar-refractivity contribution < 1.29 is 14.4 Å². The maximum absolute atomic E-state index is 12.5. The lowest BCUT2D eigenvalue weighted by atomic mass is 9.85. The molecule has 2 aliphatic carbocycles. The fourth-order valence-electron chi connectivity index (χ4n) is 4.14. The maximum atomic E-state index is 12.5. The first-order valence-electron chi connectivity index (χ1n) is 7.92. The summed E-state index contributed by atoms with van der Waals surface area (Å²) in [6.45, 7) is -0.302. The Morgan fingerprint density at radius 2 is 1.79 bits per heavy atom. The summed E-state index contributed by atoms with van der Waals surface area (Å²) in [4.78, 5) is 38.4. The summed E-state index contributed by atoms with van der Waals surface area (Å²) in [5, 5.41) is 11.7. The highest BCUT2D eigenvalue weighted by Crippen LogP contribution is 2.52. The number of hydrogen-bond donors (Lipinski definition) is 1. The number of para-hydroxylation sites is 1. The Hall–Kier alpha value is -2.94. The van der Waals surface area contributed by atoms with E-state index in [0.717, 1.165) is 11.3 Å². The second-order valence-corrected chi connectivity index (χ2v) is 6.47. The lowest BCUT2D eigenvalue weighted by Gasteiger charge is -2.17. The molecule has 0 radical (unpaired) electrons. The molecular formula is C18H15N3O3. The molecule has 24 heavy (non-hydrogen) atoms. The third kappa shape index (κ3) is 2.05. The van der Waals surface area contributed by atoms with Crippen molar-refractivity contribution in [3.8, 4) is 6.07 Å². The molecule has 1 aliphatic heterocycles. The fourth-order valence-corrected chi connectivity index (χ4v) is 4.14. The summed E-state index contributed by atoms with van der Waals surface area (Å²) < 4.78 is 0. The molecular weight excluding hydrogens is 306 g/mol.